The van der Waals surface area contributed by atoms with Crippen molar-refractivity contribution in [2.24, 2.45) is 0 Å². The molecule has 162 valence electrons. The molecule has 6 heteroatoms. The Labute approximate surface area is 184 Å². The maximum atomic E-state index is 12.8. The Bertz CT molecular complexity index is 1040. The lowest BCUT2D eigenvalue weighted by atomic mass is 10.1. The molecule has 0 fully saturated rings. The van der Waals surface area contributed by atoms with Crippen LogP contribution in [0.15, 0.2) is 89.8 Å². The second-order valence-electron chi connectivity index (χ2n) is 7.75. The van der Waals surface area contributed by atoms with Crippen LogP contribution in [-0.2, 0) is 27.7 Å². The van der Waals surface area contributed by atoms with Gasteiger partial charge in [0.25, 0.3) is 0 Å². The molecule has 3 aromatic rings. The smallest absolute Gasteiger partial charge is 0.234 e. The molecule has 0 unspecified atom stereocenters. The number of sulfone groups is 1. The lowest BCUT2D eigenvalue weighted by Gasteiger charge is -2.23. The van der Waals surface area contributed by atoms with Crippen molar-refractivity contribution in [3.8, 4) is 0 Å². The Hall–Kier alpha value is -2.96. The number of hydrogen-bond donors (Lipinski definition) is 1. The standard InChI is InChI=1S/C25H28N2O3S/c1-20(23-13-15-24(16-14-23)31(2,29)30)26-25(28)19-27(17-21-9-5-3-6-10-21)18-22-11-7-4-8-12-22/h3-16,20H,17-19H2,1-2H3,(H,26,28)/t20-/m0/s1. The molecule has 0 bridgehead atoms. The van der Waals surface area contributed by atoms with Gasteiger partial charge in [-0.05, 0) is 35.7 Å². The Balaban J connectivity index is 1.66. The maximum Gasteiger partial charge on any atom is 0.234 e. The summed E-state index contributed by atoms with van der Waals surface area (Å²) >= 11 is 0. The number of hydrogen-bond acceptors (Lipinski definition) is 4. The van der Waals surface area contributed by atoms with Crippen LogP contribution in [0.5, 0.6) is 0 Å². The summed E-state index contributed by atoms with van der Waals surface area (Å²) in [5.41, 5.74) is 3.16. The summed E-state index contributed by atoms with van der Waals surface area (Å²) in [4.78, 5) is 15.2. The van der Waals surface area contributed by atoms with Gasteiger partial charge >= 0.3 is 0 Å². The van der Waals surface area contributed by atoms with Crippen LogP contribution in [0.2, 0.25) is 0 Å². The van der Waals surface area contributed by atoms with Gasteiger partial charge in [0.1, 0.15) is 0 Å². The average molecular weight is 437 g/mol. The fraction of sp³-hybridized carbons (Fsp3) is 0.240. The summed E-state index contributed by atoms with van der Waals surface area (Å²) in [6.07, 6.45) is 1.18. The van der Waals surface area contributed by atoms with Crippen LogP contribution in [0, 0.1) is 0 Å². The van der Waals surface area contributed by atoms with Crippen molar-refractivity contribution in [3.63, 3.8) is 0 Å². The molecule has 0 saturated carbocycles. The van der Waals surface area contributed by atoms with E-state index in [1.807, 2.05) is 43.3 Å². The minimum Gasteiger partial charge on any atom is -0.348 e. The Morgan fingerprint density at radius 3 is 1.77 bits per heavy atom. The van der Waals surface area contributed by atoms with Crippen molar-refractivity contribution in [3.05, 3.63) is 102 Å². The number of carbonyl (C=O) groups excluding carboxylic acids is 1. The van der Waals surface area contributed by atoms with Gasteiger partial charge < -0.3 is 5.32 Å². The lowest BCUT2D eigenvalue weighted by Crippen LogP contribution is -2.37. The average Bonchev–Trinajstić information content (AvgIpc) is 2.74. The van der Waals surface area contributed by atoms with Crippen LogP contribution in [0.3, 0.4) is 0 Å². The first-order valence-corrected chi connectivity index (χ1v) is 12.1. The van der Waals surface area contributed by atoms with Gasteiger partial charge in [-0.15, -0.1) is 0 Å². The highest BCUT2D eigenvalue weighted by atomic mass is 32.2. The maximum absolute atomic E-state index is 12.8. The van der Waals surface area contributed by atoms with Gasteiger partial charge in [-0.25, -0.2) is 8.42 Å². The van der Waals surface area contributed by atoms with Crippen molar-refractivity contribution < 1.29 is 13.2 Å². The topological polar surface area (TPSA) is 66.5 Å². The third kappa shape index (κ3) is 7.05. The minimum atomic E-state index is -3.24. The molecular weight excluding hydrogens is 408 g/mol. The van der Waals surface area contributed by atoms with Crippen LogP contribution in [0.25, 0.3) is 0 Å². The van der Waals surface area contributed by atoms with E-state index in [1.165, 1.54) is 6.26 Å². The molecule has 1 atom stereocenters. The van der Waals surface area contributed by atoms with E-state index in [-0.39, 0.29) is 23.4 Å². The number of rotatable bonds is 9. The highest BCUT2D eigenvalue weighted by Gasteiger charge is 2.16. The second kappa shape index (κ2) is 10.4. The lowest BCUT2D eigenvalue weighted by molar-refractivity contribution is -0.123. The van der Waals surface area contributed by atoms with Crippen molar-refractivity contribution in [2.75, 3.05) is 12.8 Å². The van der Waals surface area contributed by atoms with E-state index in [1.54, 1.807) is 24.3 Å². The van der Waals surface area contributed by atoms with E-state index in [2.05, 4.69) is 34.5 Å². The van der Waals surface area contributed by atoms with Crippen molar-refractivity contribution in [1.29, 1.82) is 0 Å². The fourth-order valence-electron chi connectivity index (χ4n) is 3.43. The molecule has 0 radical (unpaired) electrons. The number of amides is 1. The first-order valence-electron chi connectivity index (χ1n) is 10.2. The molecule has 1 amide bonds. The monoisotopic (exact) mass is 436 g/mol. The van der Waals surface area contributed by atoms with Gasteiger partial charge in [0.05, 0.1) is 17.5 Å². The van der Waals surface area contributed by atoms with E-state index in [4.69, 9.17) is 0 Å². The number of nitrogens with zero attached hydrogens (tertiary/aromatic N) is 1. The van der Waals surface area contributed by atoms with Gasteiger partial charge in [-0.2, -0.15) is 0 Å². The van der Waals surface area contributed by atoms with Gasteiger partial charge in [0, 0.05) is 19.3 Å². The molecular formula is C25H28N2O3S. The van der Waals surface area contributed by atoms with E-state index in [0.29, 0.717) is 13.1 Å². The van der Waals surface area contributed by atoms with E-state index < -0.39 is 9.84 Å². The molecule has 0 heterocycles. The zero-order valence-corrected chi connectivity index (χ0v) is 18.7. The van der Waals surface area contributed by atoms with E-state index in [9.17, 15) is 13.2 Å². The van der Waals surface area contributed by atoms with Crippen molar-refractivity contribution in [1.82, 2.24) is 10.2 Å². The zero-order chi connectivity index (χ0) is 22.3. The highest BCUT2D eigenvalue weighted by Crippen LogP contribution is 2.17. The molecule has 0 saturated heterocycles. The van der Waals surface area contributed by atoms with Crippen LogP contribution in [-0.4, -0.2) is 32.0 Å². The molecule has 5 nitrogen and oxygen atoms in total. The molecule has 0 spiro atoms. The van der Waals surface area contributed by atoms with E-state index in [0.717, 1.165) is 16.7 Å². The zero-order valence-electron chi connectivity index (χ0n) is 17.9. The summed E-state index contributed by atoms with van der Waals surface area (Å²) in [7, 11) is -3.24. The predicted octanol–water partition coefficient (Wildman–Crippen LogP) is 3.97. The van der Waals surface area contributed by atoms with E-state index >= 15 is 0 Å². The Morgan fingerprint density at radius 2 is 1.32 bits per heavy atom. The fourth-order valence-corrected chi connectivity index (χ4v) is 4.06. The molecule has 0 aliphatic carbocycles. The molecule has 3 aromatic carbocycles. The first kappa shape index (κ1) is 22.7. The van der Waals surface area contributed by atoms with Crippen LogP contribution in [0.1, 0.15) is 29.7 Å². The molecule has 0 aliphatic rings. The summed E-state index contributed by atoms with van der Waals surface area (Å²) in [6, 6.07) is 26.6. The Morgan fingerprint density at radius 1 is 0.839 bits per heavy atom. The third-order valence-electron chi connectivity index (χ3n) is 5.05. The van der Waals surface area contributed by atoms with Crippen molar-refractivity contribution in [2.45, 2.75) is 31.0 Å². The van der Waals surface area contributed by atoms with Gasteiger partial charge in [0.2, 0.25) is 5.91 Å². The molecule has 0 aliphatic heterocycles. The predicted molar refractivity (Wildman–Crippen MR) is 123 cm³/mol. The summed E-state index contributed by atoms with van der Waals surface area (Å²) < 4.78 is 23.3. The first-order chi connectivity index (χ1) is 14.8. The quantitative estimate of drug-likeness (QED) is 0.551. The van der Waals surface area contributed by atoms with Crippen LogP contribution < -0.4 is 5.32 Å². The normalized spacial score (nSPS) is 12.5. The minimum absolute atomic E-state index is 0.0773. The summed E-state index contributed by atoms with van der Waals surface area (Å²) in [5.74, 6) is -0.0773. The second-order valence-corrected chi connectivity index (χ2v) is 9.76. The SMILES string of the molecule is C[C@H](NC(=O)CN(Cc1ccccc1)Cc1ccccc1)c1ccc(S(C)(=O)=O)cc1. The number of benzene rings is 3. The van der Waals surface area contributed by atoms with Crippen LogP contribution >= 0.6 is 0 Å². The van der Waals surface area contributed by atoms with Crippen LogP contribution in [0.4, 0.5) is 0 Å². The Kier molecular flexibility index (Phi) is 7.60. The van der Waals surface area contributed by atoms with Gasteiger partial charge in [-0.1, -0.05) is 72.8 Å². The third-order valence-corrected chi connectivity index (χ3v) is 6.18. The van der Waals surface area contributed by atoms with Crippen molar-refractivity contribution >= 4 is 15.7 Å². The molecule has 0 aromatic heterocycles. The molecule has 1 N–H and O–H groups in total. The number of carbonyl (C=O) groups is 1. The molecule has 3 rings (SSSR count). The highest BCUT2D eigenvalue weighted by molar-refractivity contribution is 7.90. The molecule has 31 heavy (non-hydrogen) atoms. The van der Waals surface area contributed by atoms with Gasteiger partial charge in [0.15, 0.2) is 9.84 Å². The summed E-state index contributed by atoms with van der Waals surface area (Å²) in [6.45, 7) is 3.49. The largest absolute Gasteiger partial charge is 0.348 e. The van der Waals surface area contributed by atoms with Gasteiger partial charge in [-0.3, -0.25) is 9.69 Å². The number of nitrogens with one attached hydrogen (secondary N) is 1. The summed E-state index contributed by atoms with van der Waals surface area (Å²) in [5, 5.41) is 3.03.